The standard InChI is InChI=1S/C18H23N3O4S2/c1-3-12-9-13(18(23)25-4-2)17(27-12)20-16(22)14-11-26-15(19-14)10-21-5-7-24-8-6-21/h9,11H,3-8,10H2,1-2H3,(H,20,22). The molecular weight excluding hydrogens is 386 g/mol. The molecule has 0 aromatic carbocycles. The molecule has 1 aliphatic heterocycles. The first-order valence-electron chi connectivity index (χ1n) is 8.96. The van der Waals surface area contributed by atoms with Gasteiger partial charge in [-0.15, -0.1) is 22.7 Å². The van der Waals surface area contributed by atoms with Gasteiger partial charge in [-0.1, -0.05) is 6.92 Å². The number of nitrogens with one attached hydrogen (secondary N) is 1. The number of esters is 1. The maximum Gasteiger partial charge on any atom is 0.341 e. The molecule has 2 aromatic heterocycles. The molecule has 1 amide bonds. The van der Waals surface area contributed by atoms with Crippen LogP contribution in [-0.2, 0) is 22.4 Å². The lowest BCUT2D eigenvalue weighted by molar-refractivity contribution is 0.0341. The molecule has 0 saturated carbocycles. The van der Waals surface area contributed by atoms with E-state index in [4.69, 9.17) is 9.47 Å². The predicted molar refractivity (Wildman–Crippen MR) is 106 cm³/mol. The molecule has 27 heavy (non-hydrogen) atoms. The number of nitrogens with zero attached hydrogens (tertiary/aromatic N) is 2. The number of aryl methyl sites for hydroxylation is 1. The second-order valence-corrected chi connectivity index (χ2v) is 8.08. The Labute approximate surface area is 166 Å². The Hall–Kier alpha value is -1.81. The summed E-state index contributed by atoms with van der Waals surface area (Å²) in [7, 11) is 0. The fraction of sp³-hybridized carbons (Fsp3) is 0.500. The summed E-state index contributed by atoms with van der Waals surface area (Å²) in [5.41, 5.74) is 0.764. The number of anilines is 1. The van der Waals surface area contributed by atoms with Crippen LogP contribution in [0.4, 0.5) is 5.00 Å². The molecule has 0 bridgehead atoms. The van der Waals surface area contributed by atoms with E-state index >= 15 is 0 Å². The van der Waals surface area contributed by atoms with Crippen LogP contribution in [0.25, 0.3) is 0 Å². The predicted octanol–water partition coefficient (Wildman–Crippen LogP) is 3.03. The molecule has 2 aromatic rings. The minimum atomic E-state index is -0.421. The van der Waals surface area contributed by atoms with Crippen LogP contribution in [-0.4, -0.2) is 54.7 Å². The van der Waals surface area contributed by atoms with Crippen LogP contribution in [0, 0.1) is 0 Å². The van der Waals surface area contributed by atoms with E-state index in [-0.39, 0.29) is 5.91 Å². The molecule has 0 spiro atoms. The van der Waals surface area contributed by atoms with Crippen molar-refractivity contribution in [3.05, 3.63) is 32.6 Å². The van der Waals surface area contributed by atoms with Crippen molar-refractivity contribution < 1.29 is 19.1 Å². The first kappa shape index (κ1) is 19.9. The SMILES string of the molecule is CCOC(=O)c1cc(CC)sc1NC(=O)c1csc(CN2CCOCC2)n1. The summed E-state index contributed by atoms with van der Waals surface area (Å²) < 4.78 is 10.4. The molecule has 1 fully saturated rings. The van der Waals surface area contributed by atoms with Crippen molar-refractivity contribution in [3.8, 4) is 0 Å². The number of aromatic nitrogens is 1. The van der Waals surface area contributed by atoms with Gasteiger partial charge in [0.2, 0.25) is 0 Å². The number of hydrogen-bond donors (Lipinski definition) is 1. The molecule has 0 atom stereocenters. The first-order valence-corrected chi connectivity index (χ1v) is 10.7. The number of hydrogen-bond acceptors (Lipinski definition) is 8. The zero-order valence-corrected chi connectivity index (χ0v) is 17.1. The molecule has 1 N–H and O–H groups in total. The van der Waals surface area contributed by atoms with Crippen molar-refractivity contribution >= 4 is 39.6 Å². The minimum Gasteiger partial charge on any atom is -0.462 e. The van der Waals surface area contributed by atoms with Gasteiger partial charge in [-0.05, 0) is 19.4 Å². The Kier molecular flexibility index (Phi) is 6.95. The van der Waals surface area contributed by atoms with Crippen LogP contribution in [0.2, 0.25) is 0 Å². The highest BCUT2D eigenvalue weighted by atomic mass is 32.1. The summed E-state index contributed by atoms with van der Waals surface area (Å²) in [6.45, 7) is 7.98. The van der Waals surface area contributed by atoms with Gasteiger partial charge in [0.25, 0.3) is 5.91 Å². The molecule has 0 unspecified atom stereocenters. The fourth-order valence-corrected chi connectivity index (χ4v) is 4.47. The summed E-state index contributed by atoms with van der Waals surface area (Å²) in [4.78, 5) is 32.5. The van der Waals surface area contributed by atoms with Crippen LogP contribution in [0.15, 0.2) is 11.4 Å². The molecule has 9 heteroatoms. The number of carbonyl (C=O) groups excluding carboxylic acids is 2. The van der Waals surface area contributed by atoms with Crippen LogP contribution in [0.5, 0.6) is 0 Å². The number of morpholine rings is 1. The molecule has 0 aliphatic carbocycles. The highest BCUT2D eigenvalue weighted by Crippen LogP contribution is 2.30. The summed E-state index contributed by atoms with van der Waals surface area (Å²) >= 11 is 2.86. The van der Waals surface area contributed by atoms with Crippen molar-refractivity contribution in [2.24, 2.45) is 0 Å². The summed E-state index contributed by atoms with van der Waals surface area (Å²) in [6, 6.07) is 1.78. The Morgan fingerprint density at radius 1 is 1.33 bits per heavy atom. The maximum atomic E-state index is 12.6. The average molecular weight is 410 g/mol. The largest absolute Gasteiger partial charge is 0.462 e. The first-order chi connectivity index (χ1) is 13.1. The maximum absolute atomic E-state index is 12.6. The summed E-state index contributed by atoms with van der Waals surface area (Å²) in [6.07, 6.45) is 0.785. The third kappa shape index (κ3) is 5.13. The summed E-state index contributed by atoms with van der Waals surface area (Å²) in [5.74, 6) is -0.732. The van der Waals surface area contributed by atoms with Crippen molar-refractivity contribution in [1.29, 1.82) is 0 Å². The van der Waals surface area contributed by atoms with E-state index in [0.29, 0.717) is 29.4 Å². The van der Waals surface area contributed by atoms with E-state index in [1.54, 1.807) is 18.4 Å². The average Bonchev–Trinajstić information content (AvgIpc) is 3.30. The molecule has 3 heterocycles. The van der Waals surface area contributed by atoms with Crippen molar-refractivity contribution in [1.82, 2.24) is 9.88 Å². The lowest BCUT2D eigenvalue weighted by Gasteiger charge is -2.25. The van der Waals surface area contributed by atoms with Gasteiger partial charge in [0, 0.05) is 23.3 Å². The molecule has 1 saturated heterocycles. The van der Waals surface area contributed by atoms with Gasteiger partial charge in [-0.2, -0.15) is 0 Å². The molecule has 0 radical (unpaired) electrons. The Bertz CT molecular complexity index is 796. The lowest BCUT2D eigenvalue weighted by Crippen LogP contribution is -2.35. The Morgan fingerprint density at radius 3 is 2.81 bits per heavy atom. The number of ether oxygens (including phenoxy) is 2. The molecule has 7 nitrogen and oxygen atoms in total. The van der Waals surface area contributed by atoms with Crippen LogP contribution >= 0.6 is 22.7 Å². The topological polar surface area (TPSA) is 80.8 Å². The van der Waals surface area contributed by atoms with Gasteiger partial charge in [-0.3, -0.25) is 9.69 Å². The number of thiazole rings is 1. The van der Waals surface area contributed by atoms with Gasteiger partial charge >= 0.3 is 5.97 Å². The van der Waals surface area contributed by atoms with Gasteiger partial charge in [0.05, 0.1) is 31.9 Å². The smallest absolute Gasteiger partial charge is 0.341 e. The minimum absolute atomic E-state index is 0.292. The zero-order valence-electron chi connectivity index (χ0n) is 15.4. The molecule has 3 rings (SSSR count). The third-order valence-corrected chi connectivity index (χ3v) is 6.13. The van der Waals surface area contributed by atoms with Crippen molar-refractivity contribution in [2.45, 2.75) is 26.8 Å². The van der Waals surface area contributed by atoms with Crippen LogP contribution in [0.3, 0.4) is 0 Å². The Morgan fingerprint density at radius 2 is 2.11 bits per heavy atom. The van der Waals surface area contributed by atoms with E-state index in [1.807, 2.05) is 6.92 Å². The van der Waals surface area contributed by atoms with Gasteiger partial charge in [-0.25, -0.2) is 9.78 Å². The van der Waals surface area contributed by atoms with Gasteiger partial charge in [0.1, 0.15) is 15.7 Å². The van der Waals surface area contributed by atoms with Crippen LogP contribution in [0.1, 0.15) is 44.6 Å². The van der Waals surface area contributed by atoms with E-state index in [1.165, 1.54) is 22.7 Å². The van der Waals surface area contributed by atoms with Crippen molar-refractivity contribution in [2.75, 3.05) is 38.2 Å². The number of thiophene rings is 1. The van der Waals surface area contributed by atoms with Crippen molar-refractivity contribution in [3.63, 3.8) is 0 Å². The zero-order chi connectivity index (χ0) is 19.2. The molecular formula is C18H23N3O4S2. The monoisotopic (exact) mass is 409 g/mol. The second kappa shape index (κ2) is 9.41. The molecule has 146 valence electrons. The van der Waals surface area contributed by atoms with E-state index < -0.39 is 5.97 Å². The Balaban J connectivity index is 1.68. The van der Waals surface area contributed by atoms with E-state index in [0.717, 1.165) is 42.6 Å². The lowest BCUT2D eigenvalue weighted by atomic mass is 10.2. The van der Waals surface area contributed by atoms with Gasteiger partial charge in [0.15, 0.2) is 0 Å². The second-order valence-electron chi connectivity index (χ2n) is 6.00. The van der Waals surface area contributed by atoms with Crippen LogP contribution < -0.4 is 5.32 Å². The molecule has 1 aliphatic rings. The highest BCUT2D eigenvalue weighted by molar-refractivity contribution is 7.16. The van der Waals surface area contributed by atoms with Gasteiger partial charge < -0.3 is 14.8 Å². The fourth-order valence-electron chi connectivity index (χ4n) is 2.68. The van der Waals surface area contributed by atoms with E-state index in [9.17, 15) is 9.59 Å². The quantitative estimate of drug-likeness (QED) is 0.708. The normalized spacial score (nSPS) is 14.9. The number of amides is 1. The highest BCUT2D eigenvalue weighted by Gasteiger charge is 2.21. The number of carbonyl (C=O) groups is 2. The number of rotatable bonds is 7. The summed E-state index contributed by atoms with van der Waals surface area (Å²) in [5, 5.41) is 5.99. The third-order valence-electron chi connectivity index (χ3n) is 4.10. The van der Waals surface area contributed by atoms with E-state index in [2.05, 4.69) is 15.2 Å².